The van der Waals surface area contributed by atoms with Crippen LogP contribution in [0.1, 0.15) is 21.7 Å². The average Bonchev–Trinajstić information content (AvgIpc) is 3.35. The summed E-state index contributed by atoms with van der Waals surface area (Å²) in [6.07, 6.45) is 1.70. The zero-order valence-electron chi connectivity index (χ0n) is 15.6. The van der Waals surface area contributed by atoms with Crippen LogP contribution in [0.4, 0.5) is 5.13 Å². The highest BCUT2D eigenvalue weighted by atomic mass is 32.1. The highest BCUT2D eigenvalue weighted by Crippen LogP contribution is 2.30. The number of carbonyl (C=O) groups excluding carboxylic acids is 1. The van der Waals surface area contributed by atoms with Crippen molar-refractivity contribution in [2.45, 2.75) is 33.7 Å². The summed E-state index contributed by atoms with van der Waals surface area (Å²) in [5, 5.41) is 5.98. The van der Waals surface area contributed by atoms with E-state index < -0.39 is 0 Å². The van der Waals surface area contributed by atoms with Crippen LogP contribution in [0.2, 0.25) is 0 Å². The van der Waals surface area contributed by atoms with Gasteiger partial charge in [-0.05, 0) is 38.5 Å². The van der Waals surface area contributed by atoms with E-state index >= 15 is 0 Å². The first kappa shape index (κ1) is 19.0. The van der Waals surface area contributed by atoms with E-state index in [-0.39, 0.29) is 24.4 Å². The Hall–Kier alpha value is -2.36. The van der Waals surface area contributed by atoms with Gasteiger partial charge in [0.2, 0.25) is 5.91 Å². The molecule has 0 aliphatic rings. The minimum atomic E-state index is -0.173. The van der Waals surface area contributed by atoms with Crippen molar-refractivity contribution in [2.75, 3.05) is 5.32 Å². The number of carbonyl (C=O) groups is 1. The van der Waals surface area contributed by atoms with Gasteiger partial charge in [0.1, 0.15) is 4.83 Å². The molecule has 0 saturated heterocycles. The Balaban J connectivity index is 1.43. The van der Waals surface area contributed by atoms with Crippen LogP contribution in [-0.2, 0) is 11.3 Å². The molecule has 0 aliphatic carbocycles. The monoisotopic (exact) mass is 430 g/mol. The SMILES string of the molecule is Cc1ccc(-c2csc(NC(=O)CCn3cnc4sc(C)c(C)c4c3=O)n2)s1. The van der Waals surface area contributed by atoms with Crippen LogP contribution < -0.4 is 10.9 Å². The van der Waals surface area contributed by atoms with E-state index in [1.807, 2.05) is 25.3 Å². The van der Waals surface area contributed by atoms with Crippen LogP contribution in [0.3, 0.4) is 0 Å². The number of nitrogens with one attached hydrogen (secondary N) is 1. The Kier molecular flexibility index (Phi) is 5.13. The van der Waals surface area contributed by atoms with E-state index in [2.05, 4.69) is 28.3 Å². The summed E-state index contributed by atoms with van der Waals surface area (Å²) in [6, 6.07) is 4.08. The molecule has 6 nitrogen and oxygen atoms in total. The molecule has 0 aliphatic heterocycles. The number of rotatable bonds is 5. The molecule has 4 heterocycles. The third-order valence-corrected chi connectivity index (χ3v) is 7.38. The van der Waals surface area contributed by atoms with Crippen molar-refractivity contribution >= 4 is 55.3 Å². The molecule has 1 amide bonds. The molecular weight excluding hydrogens is 412 g/mol. The van der Waals surface area contributed by atoms with Crippen LogP contribution in [0.5, 0.6) is 0 Å². The van der Waals surface area contributed by atoms with Crippen molar-refractivity contribution in [2.24, 2.45) is 0 Å². The van der Waals surface area contributed by atoms with E-state index in [9.17, 15) is 9.59 Å². The first-order chi connectivity index (χ1) is 13.4. The second kappa shape index (κ2) is 7.57. The lowest BCUT2D eigenvalue weighted by Gasteiger charge is -2.05. The fourth-order valence-electron chi connectivity index (χ4n) is 2.85. The lowest BCUT2D eigenvalue weighted by molar-refractivity contribution is -0.116. The summed E-state index contributed by atoms with van der Waals surface area (Å²) < 4.78 is 1.50. The predicted octanol–water partition coefficient (Wildman–Crippen LogP) is 4.60. The number of amides is 1. The molecule has 4 rings (SSSR count). The van der Waals surface area contributed by atoms with Gasteiger partial charge in [-0.15, -0.1) is 34.0 Å². The maximum atomic E-state index is 12.7. The molecule has 144 valence electrons. The van der Waals surface area contributed by atoms with E-state index in [1.54, 1.807) is 11.3 Å². The van der Waals surface area contributed by atoms with Gasteiger partial charge >= 0.3 is 0 Å². The third-order valence-electron chi connectivity index (χ3n) is 4.48. The zero-order valence-corrected chi connectivity index (χ0v) is 18.1. The number of anilines is 1. The molecule has 0 saturated carbocycles. The third kappa shape index (κ3) is 3.65. The number of aryl methyl sites for hydroxylation is 4. The summed E-state index contributed by atoms with van der Waals surface area (Å²) in [7, 11) is 0. The van der Waals surface area contributed by atoms with Gasteiger partial charge in [-0.2, -0.15) is 0 Å². The summed E-state index contributed by atoms with van der Waals surface area (Å²) >= 11 is 4.59. The fraction of sp³-hybridized carbons (Fsp3) is 0.263. The first-order valence-electron chi connectivity index (χ1n) is 8.69. The predicted molar refractivity (Wildman–Crippen MR) is 117 cm³/mol. The molecule has 0 atom stereocenters. The quantitative estimate of drug-likeness (QED) is 0.502. The Morgan fingerprint density at radius 2 is 2.04 bits per heavy atom. The maximum absolute atomic E-state index is 12.7. The molecule has 0 unspecified atom stereocenters. The summed E-state index contributed by atoms with van der Waals surface area (Å²) in [6.45, 7) is 6.25. The highest BCUT2D eigenvalue weighted by Gasteiger charge is 2.14. The van der Waals surface area contributed by atoms with E-state index in [0.29, 0.717) is 10.5 Å². The largest absolute Gasteiger partial charge is 0.302 e. The smallest absolute Gasteiger partial charge is 0.262 e. The van der Waals surface area contributed by atoms with E-state index in [0.717, 1.165) is 25.8 Å². The van der Waals surface area contributed by atoms with Crippen LogP contribution in [-0.4, -0.2) is 20.4 Å². The minimum absolute atomic E-state index is 0.0933. The fourth-order valence-corrected chi connectivity index (χ4v) is 5.47. The van der Waals surface area contributed by atoms with Crippen molar-refractivity contribution in [1.29, 1.82) is 0 Å². The number of fused-ring (bicyclic) bond motifs is 1. The van der Waals surface area contributed by atoms with Crippen molar-refractivity contribution in [3.63, 3.8) is 0 Å². The van der Waals surface area contributed by atoms with Gasteiger partial charge < -0.3 is 5.32 Å². The summed E-state index contributed by atoms with van der Waals surface area (Å²) in [5.74, 6) is -0.173. The zero-order chi connectivity index (χ0) is 19.8. The molecule has 4 aromatic heterocycles. The number of nitrogens with zero attached hydrogens (tertiary/aromatic N) is 3. The number of aromatic nitrogens is 3. The summed E-state index contributed by atoms with van der Waals surface area (Å²) in [4.78, 5) is 38.0. The van der Waals surface area contributed by atoms with Gasteiger partial charge in [0.15, 0.2) is 5.13 Å². The van der Waals surface area contributed by atoms with Crippen molar-refractivity contribution in [1.82, 2.24) is 14.5 Å². The Morgan fingerprint density at radius 1 is 1.21 bits per heavy atom. The molecule has 0 aromatic carbocycles. The van der Waals surface area contributed by atoms with Gasteiger partial charge in [-0.1, -0.05) is 0 Å². The Bertz CT molecular complexity index is 1230. The number of thiazole rings is 1. The van der Waals surface area contributed by atoms with Gasteiger partial charge in [0.25, 0.3) is 5.56 Å². The van der Waals surface area contributed by atoms with Crippen LogP contribution in [0.15, 0.2) is 28.6 Å². The number of thiophene rings is 2. The molecule has 9 heteroatoms. The van der Waals surface area contributed by atoms with Crippen LogP contribution in [0.25, 0.3) is 20.8 Å². The Morgan fingerprint density at radius 3 is 2.79 bits per heavy atom. The van der Waals surface area contributed by atoms with Crippen molar-refractivity contribution < 1.29 is 4.79 Å². The van der Waals surface area contributed by atoms with Gasteiger partial charge in [-0.25, -0.2) is 9.97 Å². The molecule has 0 bridgehead atoms. The highest BCUT2D eigenvalue weighted by molar-refractivity contribution is 7.18. The molecule has 28 heavy (non-hydrogen) atoms. The topological polar surface area (TPSA) is 76.9 Å². The van der Waals surface area contributed by atoms with Crippen molar-refractivity contribution in [3.8, 4) is 10.6 Å². The molecular formula is C19H18N4O2S3. The normalized spacial score (nSPS) is 11.2. The Labute approximate surface area is 173 Å². The van der Waals surface area contributed by atoms with Crippen LogP contribution >= 0.6 is 34.0 Å². The second-order valence-electron chi connectivity index (χ2n) is 6.45. The van der Waals surface area contributed by atoms with Crippen LogP contribution in [0, 0.1) is 20.8 Å². The molecule has 0 fully saturated rings. The molecule has 4 aromatic rings. The van der Waals surface area contributed by atoms with Gasteiger partial charge in [0, 0.05) is 28.1 Å². The van der Waals surface area contributed by atoms with Gasteiger partial charge in [0.05, 0.1) is 22.3 Å². The standard InChI is InChI=1S/C19H18N4O2S3/c1-10-4-5-14(27-10)13-8-26-19(21-13)22-15(24)6-7-23-9-20-17-16(18(23)25)11(2)12(3)28-17/h4-5,8-9H,6-7H2,1-3H3,(H,21,22,24). The molecule has 0 spiro atoms. The number of hydrogen-bond donors (Lipinski definition) is 1. The first-order valence-corrected chi connectivity index (χ1v) is 11.2. The summed E-state index contributed by atoms with van der Waals surface area (Å²) in [5.41, 5.74) is 1.74. The molecule has 1 N–H and O–H groups in total. The lowest BCUT2D eigenvalue weighted by Crippen LogP contribution is -2.23. The van der Waals surface area contributed by atoms with E-state index in [4.69, 9.17) is 0 Å². The second-order valence-corrected chi connectivity index (χ2v) is 9.80. The van der Waals surface area contributed by atoms with E-state index in [1.165, 1.54) is 38.4 Å². The minimum Gasteiger partial charge on any atom is -0.302 e. The van der Waals surface area contributed by atoms with Crippen molar-refractivity contribution in [3.05, 3.63) is 49.5 Å². The average molecular weight is 431 g/mol. The maximum Gasteiger partial charge on any atom is 0.262 e. The van der Waals surface area contributed by atoms with Gasteiger partial charge in [-0.3, -0.25) is 14.2 Å². The lowest BCUT2D eigenvalue weighted by atomic mass is 10.2. The molecule has 0 radical (unpaired) electrons. The number of hydrogen-bond acceptors (Lipinski definition) is 7.